The van der Waals surface area contributed by atoms with Crippen LogP contribution >= 0.6 is 0 Å². The number of aromatic nitrogens is 3. The Bertz CT molecular complexity index is 429. The van der Waals surface area contributed by atoms with E-state index >= 15 is 0 Å². The molecule has 0 aliphatic rings. The molecule has 1 heterocycles. The van der Waals surface area contributed by atoms with E-state index < -0.39 is 18.0 Å². The molecule has 0 spiro atoms. The smallest absolute Gasteiger partial charge is 0.326 e. The number of carboxylic acid groups (broad SMARTS) is 1. The average molecular weight is 255 g/mol. The van der Waals surface area contributed by atoms with Gasteiger partial charge < -0.3 is 15.7 Å². The van der Waals surface area contributed by atoms with E-state index in [1.54, 1.807) is 20.9 Å². The van der Waals surface area contributed by atoms with Crippen LogP contribution in [0.2, 0.25) is 0 Å². The van der Waals surface area contributed by atoms with E-state index in [-0.39, 0.29) is 12.5 Å². The summed E-state index contributed by atoms with van der Waals surface area (Å²) < 4.78 is 1.52. The van der Waals surface area contributed by atoms with Crippen molar-refractivity contribution in [2.24, 2.45) is 13.0 Å². The summed E-state index contributed by atoms with van der Waals surface area (Å²) >= 11 is 0. The zero-order valence-electron chi connectivity index (χ0n) is 10.5. The Morgan fingerprint density at radius 3 is 2.61 bits per heavy atom. The summed E-state index contributed by atoms with van der Waals surface area (Å²) in [6.45, 7) is 3.59. The van der Waals surface area contributed by atoms with Crippen LogP contribution in [0, 0.1) is 5.92 Å². The molecular formula is C10H17N5O3. The quantitative estimate of drug-likeness (QED) is 0.670. The highest BCUT2D eigenvalue weighted by Gasteiger charge is 2.23. The van der Waals surface area contributed by atoms with Crippen LogP contribution in [-0.4, -0.2) is 37.9 Å². The van der Waals surface area contributed by atoms with Crippen molar-refractivity contribution in [1.82, 2.24) is 25.4 Å². The van der Waals surface area contributed by atoms with Gasteiger partial charge >= 0.3 is 12.0 Å². The predicted molar refractivity (Wildman–Crippen MR) is 62.6 cm³/mol. The monoisotopic (exact) mass is 255 g/mol. The van der Waals surface area contributed by atoms with E-state index in [1.165, 1.54) is 11.0 Å². The van der Waals surface area contributed by atoms with Crippen LogP contribution in [0.1, 0.15) is 19.7 Å². The maximum Gasteiger partial charge on any atom is 0.326 e. The highest BCUT2D eigenvalue weighted by molar-refractivity contribution is 5.82. The first-order chi connectivity index (χ1) is 8.40. The van der Waals surface area contributed by atoms with E-state index in [9.17, 15) is 9.59 Å². The van der Waals surface area contributed by atoms with E-state index in [1.807, 2.05) is 0 Å². The molecule has 0 radical (unpaired) electrons. The summed E-state index contributed by atoms with van der Waals surface area (Å²) in [5.74, 6) is -0.790. The topological polar surface area (TPSA) is 109 Å². The van der Waals surface area contributed by atoms with Gasteiger partial charge in [-0.1, -0.05) is 13.8 Å². The molecule has 1 aromatic rings. The molecular weight excluding hydrogens is 238 g/mol. The molecule has 1 atom stereocenters. The highest BCUT2D eigenvalue weighted by Crippen LogP contribution is 2.01. The van der Waals surface area contributed by atoms with Crippen LogP contribution in [0.25, 0.3) is 0 Å². The molecule has 1 unspecified atom stereocenters. The number of hydrogen-bond donors (Lipinski definition) is 3. The largest absolute Gasteiger partial charge is 0.480 e. The third-order valence-electron chi connectivity index (χ3n) is 2.27. The Hall–Kier alpha value is -2.12. The van der Waals surface area contributed by atoms with Crippen LogP contribution in [0.3, 0.4) is 0 Å². The number of aryl methyl sites for hydroxylation is 1. The summed E-state index contributed by atoms with van der Waals surface area (Å²) in [4.78, 5) is 26.3. The van der Waals surface area contributed by atoms with Gasteiger partial charge in [0.25, 0.3) is 0 Å². The van der Waals surface area contributed by atoms with Crippen molar-refractivity contribution in [2.75, 3.05) is 0 Å². The van der Waals surface area contributed by atoms with Gasteiger partial charge in [-0.2, -0.15) is 5.10 Å². The molecule has 0 fully saturated rings. The summed E-state index contributed by atoms with van der Waals surface area (Å²) in [5.41, 5.74) is 0. The molecule has 2 amide bonds. The van der Waals surface area contributed by atoms with E-state index in [2.05, 4.69) is 20.7 Å². The van der Waals surface area contributed by atoms with Gasteiger partial charge in [-0.05, 0) is 5.92 Å². The van der Waals surface area contributed by atoms with Crippen molar-refractivity contribution in [3.8, 4) is 0 Å². The van der Waals surface area contributed by atoms with Crippen LogP contribution in [0.15, 0.2) is 6.33 Å². The number of nitrogens with zero attached hydrogens (tertiary/aromatic N) is 3. The lowest BCUT2D eigenvalue weighted by atomic mass is 10.1. The Kier molecular flexibility index (Phi) is 4.64. The fraction of sp³-hybridized carbons (Fsp3) is 0.600. The second kappa shape index (κ2) is 5.99. The van der Waals surface area contributed by atoms with Gasteiger partial charge in [-0.15, -0.1) is 0 Å². The molecule has 1 aromatic heterocycles. The van der Waals surface area contributed by atoms with Gasteiger partial charge in [0.2, 0.25) is 0 Å². The van der Waals surface area contributed by atoms with Gasteiger partial charge in [-0.25, -0.2) is 14.6 Å². The molecule has 0 aromatic carbocycles. The third-order valence-corrected chi connectivity index (χ3v) is 2.27. The number of hydrogen-bond acceptors (Lipinski definition) is 4. The van der Waals surface area contributed by atoms with Crippen molar-refractivity contribution in [3.63, 3.8) is 0 Å². The second-order valence-corrected chi connectivity index (χ2v) is 4.22. The Morgan fingerprint density at radius 1 is 1.50 bits per heavy atom. The summed E-state index contributed by atoms with van der Waals surface area (Å²) in [5, 5.41) is 17.8. The van der Waals surface area contributed by atoms with Crippen LogP contribution in [0.4, 0.5) is 4.79 Å². The number of carboxylic acids is 1. The first-order valence-electron chi connectivity index (χ1n) is 5.52. The van der Waals surface area contributed by atoms with Gasteiger partial charge in [0.1, 0.15) is 12.4 Å². The molecule has 100 valence electrons. The van der Waals surface area contributed by atoms with Crippen molar-refractivity contribution < 1.29 is 14.7 Å². The Balaban J connectivity index is 2.43. The fourth-order valence-corrected chi connectivity index (χ4v) is 1.33. The van der Waals surface area contributed by atoms with Crippen LogP contribution in [-0.2, 0) is 18.4 Å². The molecule has 0 saturated carbocycles. The molecule has 0 aliphatic heterocycles. The lowest BCUT2D eigenvalue weighted by Crippen LogP contribution is -2.48. The molecule has 0 bridgehead atoms. The van der Waals surface area contributed by atoms with Crippen LogP contribution < -0.4 is 10.6 Å². The van der Waals surface area contributed by atoms with Crippen molar-refractivity contribution in [2.45, 2.75) is 26.4 Å². The van der Waals surface area contributed by atoms with Crippen molar-refractivity contribution >= 4 is 12.0 Å². The molecule has 8 nitrogen and oxygen atoms in total. The first-order valence-corrected chi connectivity index (χ1v) is 5.52. The minimum atomic E-state index is -1.06. The van der Waals surface area contributed by atoms with Crippen LogP contribution in [0.5, 0.6) is 0 Å². The number of rotatable bonds is 5. The minimum absolute atomic E-state index is 0.150. The predicted octanol–water partition coefficient (Wildman–Crippen LogP) is -0.276. The Labute approximate surface area is 104 Å². The standard InChI is InChI=1S/C10H17N5O3/c1-6(2)8(9(16)17)13-10(18)11-4-7-12-5-15(3)14-7/h5-6,8H,4H2,1-3H3,(H,16,17)(H2,11,13,18). The van der Waals surface area contributed by atoms with Crippen molar-refractivity contribution in [3.05, 3.63) is 12.2 Å². The summed E-state index contributed by atoms with van der Waals surface area (Å²) in [6.07, 6.45) is 1.52. The van der Waals surface area contributed by atoms with Crippen molar-refractivity contribution in [1.29, 1.82) is 0 Å². The van der Waals surface area contributed by atoms with Gasteiger partial charge in [0.05, 0.1) is 6.54 Å². The van der Waals surface area contributed by atoms with Gasteiger partial charge in [-0.3, -0.25) is 4.68 Å². The number of amides is 2. The average Bonchev–Trinajstić information content (AvgIpc) is 2.68. The first kappa shape index (κ1) is 13.9. The zero-order valence-corrected chi connectivity index (χ0v) is 10.5. The summed E-state index contributed by atoms with van der Waals surface area (Å²) in [7, 11) is 1.72. The van der Waals surface area contributed by atoms with E-state index in [0.717, 1.165) is 0 Å². The zero-order chi connectivity index (χ0) is 13.7. The Morgan fingerprint density at radius 2 is 2.17 bits per heavy atom. The maximum atomic E-state index is 11.5. The van der Waals surface area contributed by atoms with E-state index in [4.69, 9.17) is 5.11 Å². The SMILES string of the molecule is CC(C)C(NC(=O)NCc1ncn(C)n1)C(=O)O. The molecule has 0 saturated heterocycles. The third kappa shape index (κ3) is 4.04. The fourth-order valence-electron chi connectivity index (χ4n) is 1.33. The number of nitrogens with one attached hydrogen (secondary N) is 2. The number of urea groups is 1. The normalized spacial score (nSPS) is 12.2. The molecule has 3 N–H and O–H groups in total. The number of carbonyl (C=O) groups excluding carboxylic acids is 1. The maximum absolute atomic E-state index is 11.5. The van der Waals surface area contributed by atoms with Gasteiger partial charge in [0, 0.05) is 7.05 Å². The number of carbonyl (C=O) groups is 2. The lowest BCUT2D eigenvalue weighted by molar-refractivity contribution is -0.140. The molecule has 8 heteroatoms. The van der Waals surface area contributed by atoms with E-state index in [0.29, 0.717) is 5.82 Å². The number of aliphatic carboxylic acids is 1. The summed E-state index contributed by atoms with van der Waals surface area (Å²) in [6, 6.07) is -1.47. The molecule has 18 heavy (non-hydrogen) atoms. The molecule has 0 aliphatic carbocycles. The van der Waals surface area contributed by atoms with Gasteiger partial charge in [0.15, 0.2) is 5.82 Å². The lowest BCUT2D eigenvalue weighted by Gasteiger charge is -2.17. The minimum Gasteiger partial charge on any atom is -0.480 e. The second-order valence-electron chi connectivity index (χ2n) is 4.22. The highest BCUT2D eigenvalue weighted by atomic mass is 16.4. The molecule has 1 rings (SSSR count).